The zero-order valence-electron chi connectivity index (χ0n) is 27.1. The fourth-order valence-corrected chi connectivity index (χ4v) is 6.38. The maximum Gasteiger partial charge on any atom is 0.269 e. The maximum absolute atomic E-state index is 13.7. The first kappa shape index (κ1) is 36.8. The molecule has 0 saturated heterocycles. The molecule has 2 aliphatic carbocycles. The van der Waals surface area contributed by atoms with Gasteiger partial charge in [0.1, 0.15) is 31.6 Å². The molecule has 0 spiro atoms. The summed E-state index contributed by atoms with van der Waals surface area (Å²) in [6.07, 6.45) is 6.63. The van der Waals surface area contributed by atoms with Gasteiger partial charge in [0, 0.05) is 12.1 Å². The number of nitrogens with zero attached hydrogens (tertiary/aromatic N) is 5. The molecule has 54 heavy (non-hydrogen) atoms. The first-order valence-corrected chi connectivity index (χ1v) is 18.0. The fourth-order valence-electron chi connectivity index (χ4n) is 5.08. The minimum Gasteiger partial charge on any atom is -0.744 e. The fraction of sp³-hybridized carbons (Fsp3) is 0. The number of carbonyl (C=O) groups is 2. The number of azo groups is 1. The SMILES string of the molecule is Nc1c(N=Nc2ccc([N+](=O)[O-])cc2)c(S(=O)(=O)[O-])cc2c1C(=O)C(=NNc1ccc(-c3ccc(NN=C4C=CC(=O)C=C4)cc3)cc1)C(S(=O)(=O)[O-])=C2. The predicted molar refractivity (Wildman–Crippen MR) is 195 cm³/mol. The van der Waals surface area contributed by atoms with Crippen LogP contribution in [0.1, 0.15) is 15.9 Å². The Kier molecular flexibility index (Phi) is 9.91. The number of allylic oxidation sites excluding steroid dienone is 5. The van der Waals surface area contributed by atoms with Crippen LogP contribution in [-0.4, -0.2) is 53.9 Å². The molecule has 18 nitrogen and oxygen atoms in total. The Hall–Kier alpha value is -7.00. The van der Waals surface area contributed by atoms with E-state index < -0.39 is 69.0 Å². The lowest BCUT2D eigenvalue weighted by Gasteiger charge is -2.23. The van der Waals surface area contributed by atoms with E-state index in [1.165, 1.54) is 24.3 Å². The topological polar surface area (TPSA) is 291 Å². The minimum atomic E-state index is -5.41. The smallest absolute Gasteiger partial charge is 0.269 e. The zero-order valence-corrected chi connectivity index (χ0v) is 28.7. The van der Waals surface area contributed by atoms with Crippen molar-refractivity contribution < 1.29 is 40.5 Å². The third kappa shape index (κ3) is 8.05. The predicted octanol–water partition coefficient (Wildman–Crippen LogP) is 5.18. The molecule has 0 unspecified atom stereocenters. The summed E-state index contributed by atoms with van der Waals surface area (Å²) < 4.78 is 73.4. The number of nitro groups is 1. The number of ketones is 2. The highest BCUT2D eigenvalue weighted by atomic mass is 32.2. The molecule has 0 saturated carbocycles. The number of nitrogen functional groups attached to an aromatic ring is 1. The third-order valence-corrected chi connectivity index (χ3v) is 9.41. The lowest BCUT2D eigenvalue weighted by molar-refractivity contribution is -0.384. The van der Waals surface area contributed by atoms with Crippen molar-refractivity contribution in [2.75, 3.05) is 16.6 Å². The van der Waals surface area contributed by atoms with Crippen LogP contribution in [0.15, 0.2) is 133 Å². The van der Waals surface area contributed by atoms with Gasteiger partial charge in [-0.15, -0.1) is 5.11 Å². The summed E-state index contributed by atoms with van der Waals surface area (Å²) in [4.78, 5) is 33.1. The van der Waals surface area contributed by atoms with Gasteiger partial charge in [-0.3, -0.25) is 30.6 Å². The van der Waals surface area contributed by atoms with Crippen LogP contribution in [0.2, 0.25) is 0 Å². The van der Waals surface area contributed by atoms with E-state index in [4.69, 9.17) is 5.73 Å². The average Bonchev–Trinajstić information content (AvgIpc) is 3.13. The highest BCUT2D eigenvalue weighted by Crippen LogP contribution is 2.41. The number of non-ortho nitro benzene ring substituents is 1. The van der Waals surface area contributed by atoms with Gasteiger partial charge in [0.25, 0.3) is 5.69 Å². The van der Waals surface area contributed by atoms with E-state index in [9.17, 15) is 45.6 Å². The quantitative estimate of drug-likeness (QED) is 0.0469. The number of nitro benzene ring substituents is 1. The minimum absolute atomic E-state index is 0.0133. The Balaban J connectivity index is 1.27. The Bertz CT molecular complexity index is 2630. The molecule has 4 aromatic carbocycles. The number of carbonyl (C=O) groups excluding carboxylic acids is 2. The maximum atomic E-state index is 13.7. The van der Waals surface area contributed by atoms with Gasteiger partial charge in [0.2, 0.25) is 5.78 Å². The number of benzene rings is 4. The summed E-state index contributed by atoms with van der Waals surface area (Å²) in [5.41, 5.74) is 11.0. The summed E-state index contributed by atoms with van der Waals surface area (Å²) in [5, 5.41) is 26.6. The van der Waals surface area contributed by atoms with Crippen molar-refractivity contribution in [2.45, 2.75) is 4.90 Å². The van der Waals surface area contributed by atoms with Crippen molar-refractivity contribution in [1.82, 2.24) is 0 Å². The van der Waals surface area contributed by atoms with E-state index in [-0.39, 0.29) is 22.8 Å². The summed E-state index contributed by atoms with van der Waals surface area (Å²) in [7, 11) is -10.8. The van der Waals surface area contributed by atoms with Crippen LogP contribution in [0.3, 0.4) is 0 Å². The molecule has 0 heterocycles. The molecule has 0 aliphatic heterocycles. The first-order valence-electron chi connectivity index (χ1n) is 15.2. The summed E-state index contributed by atoms with van der Waals surface area (Å²) in [6, 6.07) is 18.9. The van der Waals surface area contributed by atoms with Crippen molar-refractivity contribution in [2.24, 2.45) is 20.4 Å². The van der Waals surface area contributed by atoms with E-state index >= 15 is 0 Å². The highest BCUT2D eigenvalue weighted by Gasteiger charge is 2.34. The molecule has 4 N–H and O–H groups in total. The summed E-state index contributed by atoms with van der Waals surface area (Å²) in [6.45, 7) is 0. The third-order valence-electron chi connectivity index (χ3n) is 7.71. The number of hydrogen-bond acceptors (Lipinski definition) is 17. The van der Waals surface area contributed by atoms with Crippen molar-refractivity contribution in [1.29, 1.82) is 0 Å². The van der Waals surface area contributed by atoms with Crippen LogP contribution >= 0.6 is 0 Å². The molecular weight excluding hydrogens is 745 g/mol. The number of nitrogens with two attached hydrogens (primary N) is 1. The van der Waals surface area contributed by atoms with Crippen molar-refractivity contribution in [3.8, 4) is 11.1 Å². The van der Waals surface area contributed by atoms with E-state index in [0.717, 1.165) is 23.3 Å². The lowest BCUT2D eigenvalue weighted by Crippen LogP contribution is -2.28. The van der Waals surface area contributed by atoms with Crippen LogP contribution in [0.5, 0.6) is 0 Å². The molecule has 0 aromatic heterocycles. The first-order chi connectivity index (χ1) is 25.6. The van der Waals surface area contributed by atoms with Gasteiger partial charge in [-0.1, -0.05) is 24.3 Å². The van der Waals surface area contributed by atoms with E-state index in [1.807, 2.05) is 12.1 Å². The number of rotatable bonds is 10. The molecular formula is C34H22N8O10S2-2. The van der Waals surface area contributed by atoms with Gasteiger partial charge in [-0.05, 0) is 89.5 Å². The van der Waals surface area contributed by atoms with E-state index in [2.05, 4.69) is 31.3 Å². The summed E-state index contributed by atoms with van der Waals surface area (Å²) in [5.74, 6) is -1.34. The number of hydrogen-bond donors (Lipinski definition) is 3. The molecule has 0 atom stereocenters. The van der Waals surface area contributed by atoms with Gasteiger partial charge in [0.05, 0.1) is 48.7 Å². The average molecular weight is 767 g/mol. The van der Waals surface area contributed by atoms with E-state index in [0.29, 0.717) is 23.5 Å². The molecule has 0 fully saturated rings. The normalized spacial score (nSPS) is 15.0. The molecule has 0 bridgehead atoms. The highest BCUT2D eigenvalue weighted by molar-refractivity contribution is 7.91. The van der Waals surface area contributed by atoms with Crippen LogP contribution < -0.4 is 16.6 Å². The van der Waals surface area contributed by atoms with Gasteiger partial charge < -0.3 is 14.8 Å². The number of nitrogens with one attached hydrogen (secondary N) is 2. The second-order valence-electron chi connectivity index (χ2n) is 11.3. The molecule has 4 aromatic rings. The van der Waals surface area contributed by atoms with Crippen LogP contribution in [-0.2, 0) is 25.0 Å². The van der Waals surface area contributed by atoms with E-state index in [1.54, 1.807) is 48.6 Å². The number of Topliss-reactive ketones (excluding diaryl/α,β-unsaturated/α-hetero) is 1. The monoisotopic (exact) mass is 766 g/mol. The molecule has 0 amide bonds. The van der Waals surface area contributed by atoms with Crippen molar-refractivity contribution >= 4 is 83.4 Å². The molecule has 0 radical (unpaired) electrons. The Labute approximate surface area is 305 Å². The number of anilines is 3. The van der Waals surface area contributed by atoms with Crippen LogP contribution in [0.25, 0.3) is 17.2 Å². The molecule has 2 aliphatic rings. The van der Waals surface area contributed by atoms with Gasteiger partial charge >= 0.3 is 0 Å². The molecule has 20 heteroatoms. The Morgan fingerprint density at radius 2 is 1.26 bits per heavy atom. The number of hydrazone groups is 2. The van der Waals surface area contributed by atoms with Gasteiger partial charge in [-0.25, -0.2) is 16.8 Å². The lowest BCUT2D eigenvalue weighted by atomic mass is 9.92. The standard InChI is InChI=1S/C34H24N8O10S2/c35-31-30-21(17-28(53(47,48)49)32(31)40-38-24-9-13-26(14-10-24)42(45)46)18-29(54(50,51)52)33(34(30)44)41-39-23-7-3-20(4-8-23)19-1-5-22(6-2-19)36-37-25-11-15-27(43)16-12-25/h1-18,36,39H,35H2,(H,47,48,49)(H,50,51,52)/p-2. The largest absolute Gasteiger partial charge is 0.744 e. The zero-order chi connectivity index (χ0) is 38.8. The van der Waals surface area contributed by atoms with Crippen molar-refractivity contribution in [3.05, 3.63) is 129 Å². The van der Waals surface area contributed by atoms with Crippen LogP contribution in [0, 0.1) is 10.1 Å². The Morgan fingerprint density at radius 1 is 0.704 bits per heavy atom. The number of fused-ring (bicyclic) bond motifs is 1. The second-order valence-corrected chi connectivity index (χ2v) is 14.0. The van der Waals surface area contributed by atoms with Gasteiger partial charge in [-0.2, -0.15) is 15.3 Å². The van der Waals surface area contributed by atoms with Crippen LogP contribution in [0.4, 0.5) is 34.1 Å². The molecule has 272 valence electrons. The van der Waals surface area contributed by atoms with Crippen molar-refractivity contribution in [3.63, 3.8) is 0 Å². The summed E-state index contributed by atoms with van der Waals surface area (Å²) >= 11 is 0. The van der Waals surface area contributed by atoms with Gasteiger partial charge in [0.15, 0.2) is 5.78 Å². The Morgan fingerprint density at radius 3 is 1.78 bits per heavy atom. The second kappa shape index (κ2) is 14.6. The molecule has 6 rings (SSSR count).